The van der Waals surface area contributed by atoms with Crippen LogP contribution >= 0.6 is 12.4 Å². The highest BCUT2D eigenvalue weighted by atomic mass is 35.5. The van der Waals surface area contributed by atoms with E-state index in [1.54, 1.807) is 0 Å². The lowest BCUT2D eigenvalue weighted by Gasteiger charge is -2.17. The average Bonchev–Trinajstić information content (AvgIpc) is 3.17. The molecule has 1 heterocycles. The molecule has 0 aliphatic carbocycles. The monoisotopic (exact) mass is 521 g/mol. The maximum absolute atomic E-state index is 12.0. The van der Waals surface area contributed by atoms with Crippen molar-refractivity contribution in [1.82, 2.24) is 9.62 Å². The molecule has 11 heteroatoms. The van der Waals surface area contributed by atoms with Gasteiger partial charge in [-0.1, -0.05) is 24.3 Å². The third-order valence-electron chi connectivity index (χ3n) is 5.36. The highest BCUT2D eigenvalue weighted by Crippen LogP contribution is 2.31. The van der Waals surface area contributed by atoms with Crippen molar-refractivity contribution >= 4 is 50.2 Å². The SMILES string of the molecule is CN(C)S(=O)(=O)Nc1cc(C(O)CNCCOc2ccc3c(c2)oc2ccccc23)ccc1O.Cl. The molecule has 4 rings (SSSR count). The topological polar surface area (TPSA) is 124 Å². The predicted molar refractivity (Wildman–Crippen MR) is 139 cm³/mol. The van der Waals surface area contributed by atoms with Crippen molar-refractivity contribution in [2.45, 2.75) is 6.10 Å². The lowest BCUT2D eigenvalue weighted by atomic mass is 10.1. The van der Waals surface area contributed by atoms with Gasteiger partial charge in [0.15, 0.2) is 0 Å². The van der Waals surface area contributed by atoms with Crippen LogP contribution < -0.4 is 14.8 Å². The van der Waals surface area contributed by atoms with Gasteiger partial charge in [0.25, 0.3) is 0 Å². The van der Waals surface area contributed by atoms with E-state index in [1.165, 1.54) is 32.3 Å². The van der Waals surface area contributed by atoms with Gasteiger partial charge in [-0.2, -0.15) is 12.7 Å². The molecule has 1 unspecified atom stereocenters. The summed E-state index contributed by atoms with van der Waals surface area (Å²) in [7, 11) is -1.04. The number of nitrogens with zero attached hydrogens (tertiary/aromatic N) is 1. The van der Waals surface area contributed by atoms with E-state index in [0.29, 0.717) is 24.5 Å². The Morgan fingerprint density at radius 1 is 1.03 bits per heavy atom. The van der Waals surface area contributed by atoms with E-state index < -0.39 is 16.3 Å². The summed E-state index contributed by atoms with van der Waals surface area (Å²) >= 11 is 0. The normalized spacial score (nSPS) is 12.6. The second kappa shape index (κ2) is 11.1. The number of ether oxygens (including phenoxy) is 1. The maximum atomic E-state index is 12.0. The molecule has 0 radical (unpaired) electrons. The number of phenolic OH excluding ortho intramolecular Hbond substituents is 1. The van der Waals surface area contributed by atoms with Crippen LogP contribution in [0.2, 0.25) is 0 Å². The molecule has 0 bridgehead atoms. The Morgan fingerprint density at radius 2 is 1.77 bits per heavy atom. The Labute approximate surface area is 209 Å². The number of nitrogens with one attached hydrogen (secondary N) is 2. The summed E-state index contributed by atoms with van der Waals surface area (Å²) in [6, 6.07) is 17.9. The lowest BCUT2D eigenvalue weighted by Crippen LogP contribution is -2.29. The molecule has 0 aliphatic heterocycles. The molecule has 0 aliphatic rings. The van der Waals surface area contributed by atoms with E-state index >= 15 is 0 Å². The van der Waals surface area contributed by atoms with Crippen molar-refractivity contribution in [2.75, 3.05) is 38.5 Å². The lowest BCUT2D eigenvalue weighted by molar-refractivity contribution is 0.172. The largest absolute Gasteiger partial charge is 0.506 e. The number of aliphatic hydroxyl groups is 1. The van der Waals surface area contributed by atoms with Crippen molar-refractivity contribution in [3.05, 3.63) is 66.2 Å². The number of aliphatic hydroxyl groups excluding tert-OH is 1. The van der Waals surface area contributed by atoms with Crippen molar-refractivity contribution in [3.8, 4) is 11.5 Å². The third kappa shape index (κ3) is 6.16. The highest BCUT2D eigenvalue weighted by Gasteiger charge is 2.17. The van der Waals surface area contributed by atoms with E-state index in [0.717, 1.165) is 26.2 Å². The van der Waals surface area contributed by atoms with Gasteiger partial charge in [0.2, 0.25) is 0 Å². The van der Waals surface area contributed by atoms with Gasteiger partial charge in [-0.15, -0.1) is 12.4 Å². The number of benzene rings is 3. The zero-order valence-corrected chi connectivity index (χ0v) is 20.9. The summed E-state index contributed by atoms with van der Waals surface area (Å²) in [4.78, 5) is 0. The Hall–Kier alpha value is -3.02. The van der Waals surface area contributed by atoms with E-state index in [4.69, 9.17) is 9.15 Å². The van der Waals surface area contributed by atoms with Crippen LogP contribution in [0.4, 0.5) is 5.69 Å². The number of rotatable bonds is 10. The van der Waals surface area contributed by atoms with Gasteiger partial charge in [0.05, 0.1) is 11.8 Å². The van der Waals surface area contributed by atoms with Crippen LogP contribution in [-0.2, 0) is 10.2 Å². The molecule has 4 aromatic rings. The van der Waals surface area contributed by atoms with Gasteiger partial charge < -0.3 is 24.7 Å². The number of phenols is 1. The number of aromatic hydroxyl groups is 1. The van der Waals surface area contributed by atoms with Gasteiger partial charge in [0.1, 0.15) is 29.3 Å². The van der Waals surface area contributed by atoms with Crippen molar-refractivity contribution in [1.29, 1.82) is 0 Å². The van der Waals surface area contributed by atoms with Crippen LogP contribution in [0.25, 0.3) is 21.9 Å². The fraction of sp³-hybridized carbons (Fsp3) is 0.250. The Morgan fingerprint density at radius 3 is 2.54 bits per heavy atom. The highest BCUT2D eigenvalue weighted by molar-refractivity contribution is 7.90. The second-order valence-electron chi connectivity index (χ2n) is 7.99. The van der Waals surface area contributed by atoms with Crippen molar-refractivity contribution in [2.24, 2.45) is 0 Å². The molecular weight excluding hydrogens is 494 g/mol. The van der Waals surface area contributed by atoms with Crippen LogP contribution in [-0.4, -0.2) is 56.7 Å². The fourth-order valence-corrected chi connectivity index (χ4v) is 4.09. The van der Waals surface area contributed by atoms with E-state index in [2.05, 4.69) is 10.0 Å². The molecule has 1 aromatic heterocycles. The minimum absolute atomic E-state index is 0. The van der Waals surface area contributed by atoms with E-state index in [1.807, 2.05) is 42.5 Å². The van der Waals surface area contributed by atoms with Crippen molar-refractivity contribution < 1.29 is 27.8 Å². The third-order valence-corrected chi connectivity index (χ3v) is 6.80. The van der Waals surface area contributed by atoms with Crippen LogP contribution in [0, 0.1) is 0 Å². The zero-order valence-electron chi connectivity index (χ0n) is 19.3. The number of furan rings is 1. The van der Waals surface area contributed by atoms with Gasteiger partial charge in [-0.3, -0.25) is 4.72 Å². The van der Waals surface area contributed by atoms with Crippen LogP contribution in [0.3, 0.4) is 0 Å². The Bertz CT molecular complexity index is 1410. The summed E-state index contributed by atoms with van der Waals surface area (Å²) < 4.78 is 39.0. The predicted octanol–water partition coefficient (Wildman–Crippen LogP) is 3.63. The van der Waals surface area contributed by atoms with E-state index in [9.17, 15) is 18.6 Å². The number of para-hydroxylation sites is 1. The smallest absolute Gasteiger partial charge is 0.301 e. The van der Waals surface area contributed by atoms with Crippen LogP contribution in [0.1, 0.15) is 11.7 Å². The molecule has 0 saturated carbocycles. The Balaban J connectivity index is 0.00000342. The molecule has 0 spiro atoms. The summed E-state index contributed by atoms with van der Waals surface area (Å²) in [5.41, 5.74) is 2.04. The first-order valence-electron chi connectivity index (χ1n) is 10.7. The van der Waals surface area contributed by atoms with Crippen molar-refractivity contribution in [3.63, 3.8) is 0 Å². The first-order chi connectivity index (χ1) is 16.2. The quantitative estimate of drug-likeness (QED) is 0.185. The second-order valence-corrected chi connectivity index (χ2v) is 9.88. The summed E-state index contributed by atoms with van der Waals surface area (Å²) in [5, 5.41) is 25.6. The molecule has 4 N–H and O–H groups in total. The summed E-state index contributed by atoms with van der Waals surface area (Å²) in [6.07, 6.45) is -0.907. The first kappa shape index (κ1) is 26.6. The van der Waals surface area contributed by atoms with Crippen LogP contribution in [0.15, 0.2) is 65.1 Å². The molecule has 1 atom stereocenters. The van der Waals surface area contributed by atoms with Gasteiger partial charge in [-0.25, -0.2) is 0 Å². The first-order valence-corrected chi connectivity index (χ1v) is 12.1. The van der Waals surface area contributed by atoms with Gasteiger partial charge in [0, 0.05) is 44.0 Å². The number of hydrogen-bond donors (Lipinski definition) is 4. The molecular formula is C24H28ClN3O6S. The molecule has 188 valence electrons. The molecule has 35 heavy (non-hydrogen) atoms. The fourth-order valence-electron chi connectivity index (χ4n) is 3.47. The standard InChI is InChI=1S/C24H27N3O6S.ClH/c1-27(2)34(30,31)26-20-13-16(7-10-21(20)28)22(29)15-25-11-12-32-17-8-9-19-18-5-3-4-6-23(18)33-24(19)14-17;/h3-10,13-14,22,25-26,28-29H,11-12,15H2,1-2H3;1H. The minimum atomic E-state index is -3.79. The molecule has 0 fully saturated rings. The number of fused-ring (bicyclic) bond motifs is 3. The van der Waals surface area contributed by atoms with Gasteiger partial charge in [-0.05, 0) is 35.9 Å². The summed E-state index contributed by atoms with van der Waals surface area (Å²) in [6.45, 7) is 1.08. The molecule has 0 saturated heterocycles. The van der Waals surface area contributed by atoms with Gasteiger partial charge >= 0.3 is 10.2 Å². The molecule has 9 nitrogen and oxygen atoms in total. The number of hydrogen-bond acceptors (Lipinski definition) is 7. The minimum Gasteiger partial charge on any atom is -0.506 e. The number of anilines is 1. The maximum Gasteiger partial charge on any atom is 0.301 e. The Kier molecular flexibility index (Phi) is 8.47. The average molecular weight is 522 g/mol. The number of halogens is 1. The van der Waals surface area contributed by atoms with Crippen LogP contribution in [0.5, 0.6) is 11.5 Å². The van der Waals surface area contributed by atoms with E-state index in [-0.39, 0.29) is 30.4 Å². The summed E-state index contributed by atoms with van der Waals surface area (Å²) in [5.74, 6) is 0.453. The zero-order chi connectivity index (χ0) is 24.3. The molecule has 3 aromatic carbocycles. The molecule has 0 amide bonds.